The van der Waals surface area contributed by atoms with Gasteiger partial charge in [-0.15, -0.1) is 0 Å². The summed E-state index contributed by atoms with van der Waals surface area (Å²) < 4.78 is 4.46. The minimum atomic E-state index is -0.332. The van der Waals surface area contributed by atoms with E-state index in [1.807, 2.05) is 0 Å². The molecule has 0 atom stereocenters. The number of hydrogen-bond acceptors (Lipinski definition) is 4. The van der Waals surface area contributed by atoms with Crippen LogP contribution in [0.2, 0.25) is 5.02 Å². The molecule has 1 aromatic rings. The first-order chi connectivity index (χ1) is 6.63. The first-order valence-corrected chi connectivity index (χ1v) is 4.41. The predicted octanol–water partition coefficient (Wildman–Crippen LogP) is 1.55. The largest absolute Gasteiger partial charge is 0.506 e. The van der Waals surface area contributed by atoms with E-state index in [2.05, 4.69) is 9.72 Å². The summed E-state index contributed by atoms with van der Waals surface area (Å²) in [6.07, 6.45) is 1.96. The van der Waals surface area contributed by atoms with Gasteiger partial charge in [0.1, 0.15) is 5.75 Å². The van der Waals surface area contributed by atoms with Crippen LogP contribution in [0.25, 0.3) is 0 Å². The number of nitrogens with zero attached hydrogens (tertiary/aromatic N) is 1. The zero-order valence-electron chi connectivity index (χ0n) is 7.66. The molecule has 0 saturated heterocycles. The lowest BCUT2D eigenvalue weighted by Gasteiger charge is -2.02. The van der Waals surface area contributed by atoms with E-state index in [4.69, 9.17) is 11.6 Å². The fourth-order valence-corrected chi connectivity index (χ4v) is 1.12. The van der Waals surface area contributed by atoms with Crippen molar-refractivity contribution in [3.63, 3.8) is 0 Å². The summed E-state index contributed by atoms with van der Waals surface area (Å²) in [5.74, 6) is -0.331. The van der Waals surface area contributed by atoms with Gasteiger partial charge in [0.25, 0.3) is 0 Å². The van der Waals surface area contributed by atoms with E-state index in [0.717, 1.165) is 0 Å². The first-order valence-electron chi connectivity index (χ1n) is 4.03. The second-order valence-electron chi connectivity index (χ2n) is 2.70. The molecule has 14 heavy (non-hydrogen) atoms. The van der Waals surface area contributed by atoms with E-state index in [-0.39, 0.29) is 18.1 Å². The number of rotatable bonds is 3. The van der Waals surface area contributed by atoms with Crippen LogP contribution in [-0.4, -0.2) is 23.2 Å². The third kappa shape index (κ3) is 2.88. The Bertz CT molecular complexity index is 341. The molecule has 0 fully saturated rings. The van der Waals surface area contributed by atoms with Crippen LogP contribution >= 0.6 is 11.6 Å². The molecule has 0 saturated carbocycles. The lowest BCUT2D eigenvalue weighted by molar-refractivity contribution is -0.140. The number of aryl methyl sites for hydroxylation is 1. The third-order valence-electron chi connectivity index (χ3n) is 1.71. The maximum atomic E-state index is 10.8. The fourth-order valence-electron chi connectivity index (χ4n) is 0.972. The lowest BCUT2D eigenvalue weighted by atomic mass is 10.2. The quantitative estimate of drug-likeness (QED) is 0.778. The lowest BCUT2D eigenvalue weighted by Crippen LogP contribution is -2.03. The Morgan fingerprint density at radius 1 is 1.71 bits per heavy atom. The van der Waals surface area contributed by atoms with Crippen LogP contribution in [0.15, 0.2) is 12.3 Å². The number of pyridine rings is 1. The van der Waals surface area contributed by atoms with Crippen LogP contribution < -0.4 is 0 Å². The predicted molar refractivity (Wildman–Crippen MR) is 51.2 cm³/mol. The summed E-state index contributed by atoms with van der Waals surface area (Å²) in [6.45, 7) is 0. The van der Waals surface area contributed by atoms with Crippen molar-refractivity contribution in [3.8, 4) is 5.75 Å². The number of carbonyl (C=O) groups excluding carboxylic acids is 1. The van der Waals surface area contributed by atoms with Gasteiger partial charge in [-0.05, 0) is 0 Å². The number of aromatic nitrogens is 1. The Balaban J connectivity index is 2.63. The topological polar surface area (TPSA) is 59.4 Å². The standard InChI is InChI=1S/C9H10ClNO3/c1-14-9(13)3-2-7-8(12)4-6(10)5-11-7/h4-5,12H,2-3H2,1H3. The van der Waals surface area contributed by atoms with Gasteiger partial charge in [-0.1, -0.05) is 11.6 Å². The molecule has 4 nitrogen and oxygen atoms in total. The number of methoxy groups -OCH3 is 1. The highest BCUT2D eigenvalue weighted by Crippen LogP contribution is 2.20. The Morgan fingerprint density at radius 2 is 2.43 bits per heavy atom. The zero-order chi connectivity index (χ0) is 10.6. The molecule has 1 N–H and O–H groups in total. The average Bonchev–Trinajstić information content (AvgIpc) is 2.16. The van der Waals surface area contributed by atoms with Gasteiger partial charge in [0, 0.05) is 18.7 Å². The van der Waals surface area contributed by atoms with Gasteiger partial charge in [0.05, 0.1) is 24.2 Å². The number of carbonyl (C=O) groups is 1. The van der Waals surface area contributed by atoms with Gasteiger partial charge in [0.2, 0.25) is 0 Å². The molecule has 1 heterocycles. The zero-order valence-corrected chi connectivity index (χ0v) is 8.41. The maximum absolute atomic E-state index is 10.8. The molecule has 0 unspecified atom stereocenters. The summed E-state index contributed by atoms with van der Waals surface area (Å²) >= 11 is 5.59. The fraction of sp³-hybridized carbons (Fsp3) is 0.333. The van der Waals surface area contributed by atoms with E-state index in [1.165, 1.54) is 19.4 Å². The van der Waals surface area contributed by atoms with Crippen molar-refractivity contribution in [3.05, 3.63) is 23.0 Å². The van der Waals surface area contributed by atoms with E-state index >= 15 is 0 Å². The Kier molecular flexibility index (Phi) is 3.71. The minimum absolute atomic E-state index is 0.00130. The smallest absolute Gasteiger partial charge is 0.305 e. The van der Waals surface area contributed by atoms with E-state index in [9.17, 15) is 9.90 Å². The highest BCUT2D eigenvalue weighted by Gasteiger charge is 2.07. The van der Waals surface area contributed by atoms with Crippen LogP contribution in [0, 0.1) is 0 Å². The van der Waals surface area contributed by atoms with Crippen molar-refractivity contribution in [2.24, 2.45) is 0 Å². The average molecular weight is 216 g/mol. The normalized spacial score (nSPS) is 9.86. The second kappa shape index (κ2) is 4.81. The van der Waals surface area contributed by atoms with Crippen LogP contribution in [0.5, 0.6) is 5.75 Å². The van der Waals surface area contributed by atoms with Crippen molar-refractivity contribution in [1.82, 2.24) is 4.98 Å². The molecule has 0 aliphatic rings. The highest BCUT2D eigenvalue weighted by atomic mass is 35.5. The van der Waals surface area contributed by atoms with E-state index in [0.29, 0.717) is 17.1 Å². The third-order valence-corrected chi connectivity index (χ3v) is 1.91. The van der Waals surface area contributed by atoms with Crippen molar-refractivity contribution in [2.75, 3.05) is 7.11 Å². The summed E-state index contributed by atoms with van der Waals surface area (Å²) in [4.78, 5) is 14.7. The Hall–Kier alpha value is -1.29. The van der Waals surface area contributed by atoms with Gasteiger partial charge in [-0.25, -0.2) is 0 Å². The molecule has 76 valence electrons. The van der Waals surface area contributed by atoms with Crippen molar-refractivity contribution >= 4 is 17.6 Å². The van der Waals surface area contributed by atoms with Gasteiger partial charge in [-0.3, -0.25) is 9.78 Å². The molecule has 0 aliphatic carbocycles. The molecular formula is C9H10ClNO3. The molecule has 0 bridgehead atoms. The van der Waals surface area contributed by atoms with Crippen molar-refractivity contribution < 1.29 is 14.6 Å². The minimum Gasteiger partial charge on any atom is -0.506 e. The van der Waals surface area contributed by atoms with Crippen LogP contribution in [0.1, 0.15) is 12.1 Å². The SMILES string of the molecule is COC(=O)CCc1ncc(Cl)cc1O. The maximum Gasteiger partial charge on any atom is 0.305 e. The molecule has 0 amide bonds. The second-order valence-corrected chi connectivity index (χ2v) is 3.13. The molecule has 0 aliphatic heterocycles. The summed E-state index contributed by atoms with van der Waals surface area (Å²) in [7, 11) is 1.32. The Labute approximate surface area is 86.5 Å². The monoisotopic (exact) mass is 215 g/mol. The number of hydrogen-bond donors (Lipinski definition) is 1. The number of halogens is 1. The van der Waals surface area contributed by atoms with Crippen molar-refractivity contribution in [1.29, 1.82) is 0 Å². The summed E-state index contributed by atoms with van der Waals surface area (Å²) in [5, 5.41) is 9.74. The summed E-state index contributed by atoms with van der Waals surface area (Å²) in [5.41, 5.74) is 0.444. The molecular weight excluding hydrogens is 206 g/mol. The van der Waals surface area contributed by atoms with Crippen molar-refractivity contribution in [2.45, 2.75) is 12.8 Å². The molecule has 5 heteroatoms. The Morgan fingerprint density at radius 3 is 3.00 bits per heavy atom. The number of aromatic hydroxyl groups is 1. The first kappa shape index (κ1) is 10.8. The van der Waals surface area contributed by atoms with Crippen LogP contribution in [0.4, 0.5) is 0 Å². The molecule has 0 aromatic carbocycles. The highest BCUT2D eigenvalue weighted by molar-refractivity contribution is 6.30. The van der Waals surface area contributed by atoms with Crippen LogP contribution in [-0.2, 0) is 16.0 Å². The van der Waals surface area contributed by atoms with Gasteiger partial charge in [0.15, 0.2) is 0 Å². The van der Waals surface area contributed by atoms with E-state index in [1.54, 1.807) is 0 Å². The number of esters is 1. The van der Waals surface area contributed by atoms with Crippen LogP contribution in [0.3, 0.4) is 0 Å². The molecule has 0 spiro atoms. The van der Waals surface area contributed by atoms with E-state index < -0.39 is 0 Å². The van der Waals surface area contributed by atoms with Gasteiger partial charge in [-0.2, -0.15) is 0 Å². The molecule has 0 radical (unpaired) electrons. The van der Waals surface area contributed by atoms with Gasteiger partial charge < -0.3 is 9.84 Å². The molecule has 1 aromatic heterocycles. The van der Waals surface area contributed by atoms with Gasteiger partial charge >= 0.3 is 5.97 Å². The number of ether oxygens (including phenoxy) is 1. The summed E-state index contributed by atoms with van der Waals surface area (Å²) in [6, 6.07) is 1.39. The molecule has 1 rings (SSSR count).